The van der Waals surface area contributed by atoms with E-state index < -0.39 is 11.6 Å². The molecule has 0 saturated heterocycles. The van der Waals surface area contributed by atoms with E-state index in [4.69, 9.17) is 9.15 Å². The Kier molecular flexibility index (Phi) is 3.64. The maximum Gasteiger partial charge on any atom is 0.221 e. The third-order valence-corrected chi connectivity index (χ3v) is 2.90. The van der Waals surface area contributed by atoms with Gasteiger partial charge in [-0.15, -0.1) is 0 Å². The van der Waals surface area contributed by atoms with Crippen LogP contribution < -0.4 is 4.74 Å². The molecule has 0 fully saturated rings. The Morgan fingerprint density at radius 2 is 1.90 bits per heavy atom. The van der Waals surface area contributed by atoms with Crippen molar-refractivity contribution in [3.05, 3.63) is 72.3 Å². The first-order valence-electron chi connectivity index (χ1n) is 6.28. The number of pyridine rings is 1. The second-order valence-electron chi connectivity index (χ2n) is 4.43. The molecule has 106 valence electrons. The monoisotopic (exact) mass is 287 g/mol. The summed E-state index contributed by atoms with van der Waals surface area (Å²) < 4.78 is 37.2. The van der Waals surface area contributed by atoms with Crippen molar-refractivity contribution in [1.29, 1.82) is 0 Å². The number of rotatable bonds is 4. The highest BCUT2D eigenvalue weighted by Gasteiger charge is 2.10. The number of nitrogens with zero attached hydrogens (tertiary/aromatic N) is 1. The molecule has 3 aromatic rings. The summed E-state index contributed by atoms with van der Waals surface area (Å²) in [6.07, 6.45) is 4.66. The van der Waals surface area contributed by atoms with Crippen LogP contribution in [0.1, 0.15) is 5.56 Å². The smallest absolute Gasteiger partial charge is 0.221 e. The van der Waals surface area contributed by atoms with E-state index >= 15 is 0 Å². The fraction of sp³-hybridized carbons (Fsp3) is 0.0625. The van der Waals surface area contributed by atoms with Crippen molar-refractivity contribution in [2.24, 2.45) is 0 Å². The van der Waals surface area contributed by atoms with Crippen LogP contribution in [0.4, 0.5) is 8.78 Å². The zero-order chi connectivity index (χ0) is 14.7. The molecule has 21 heavy (non-hydrogen) atoms. The van der Waals surface area contributed by atoms with E-state index in [0.717, 1.165) is 11.6 Å². The predicted octanol–water partition coefficient (Wildman–Crippen LogP) is 4.20. The van der Waals surface area contributed by atoms with E-state index in [2.05, 4.69) is 4.98 Å². The van der Waals surface area contributed by atoms with Crippen molar-refractivity contribution < 1.29 is 17.9 Å². The van der Waals surface area contributed by atoms with Crippen molar-refractivity contribution in [3.63, 3.8) is 0 Å². The van der Waals surface area contributed by atoms with Crippen molar-refractivity contribution in [2.45, 2.75) is 6.61 Å². The average Bonchev–Trinajstić information content (AvgIpc) is 2.98. The van der Waals surface area contributed by atoms with E-state index in [1.807, 2.05) is 0 Å². The van der Waals surface area contributed by atoms with Crippen LogP contribution in [-0.2, 0) is 6.61 Å². The molecule has 0 radical (unpaired) electrons. The minimum Gasteiger partial charge on any atom is -0.472 e. The van der Waals surface area contributed by atoms with E-state index in [-0.39, 0.29) is 6.61 Å². The van der Waals surface area contributed by atoms with Crippen LogP contribution in [0.15, 0.2) is 59.5 Å². The molecule has 2 aromatic heterocycles. The second kappa shape index (κ2) is 5.75. The van der Waals surface area contributed by atoms with Crippen LogP contribution in [-0.4, -0.2) is 4.98 Å². The van der Waals surface area contributed by atoms with Gasteiger partial charge in [0.2, 0.25) is 5.88 Å². The number of benzene rings is 1. The van der Waals surface area contributed by atoms with E-state index in [1.165, 1.54) is 12.1 Å². The van der Waals surface area contributed by atoms with E-state index in [1.54, 1.807) is 36.9 Å². The average molecular weight is 287 g/mol. The molecule has 0 spiro atoms. The summed E-state index contributed by atoms with van der Waals surface area (Å²) in [6.45, 7) is 0.262. The van der Waals surface area contributed by atoms with Crippen LogP contribution >= 0.6 is 0 Å². The lowest BCUT2D eigenvalue weighted by molar-refractivity contribution is 0.294. The highest BCUT2D eigenvalue weighted by atomic mass is 19.1. The lowest BCUT2D eigenvalue weighted by atomic mass is 10.1. The molecule has 0 aliphatic rings. The first-order valence-corrected chi connectivity index (χ1v) is 6.28. The van der Waals surface area contributed by atoms with Crippen molar-refractivity contribution in [2.75, 3.05) is 0 Å². The zero-order valence-electron chi connectivity index (χ0n) is 10.9. The second-order valence-corrected chi connectivity index (χ2v) is 4.43. The van der Waals surface area contributed by atoms with Gasteiger partial charge < -0.3 is 9.15 Å². The van der Waals surface area contributed by atoms with Gasteiger partial charge in [0.25, 0.3) is 0 Å². The lowest BCUT2D eigenvalue weighted by Gasteiger charge is -2.10. The molecule has 0 amide bonds. The minimum absolute atomic E-state index is 0.262. The number of hydrogen-bond acceptors (Lipinski definition) is 3. The number of halogens is 2. The van der Waals surface area contributed by atoms with Crippen molar-refractivity contribution >= 4 is 0 Å². The van der Waals surface area contributed by atoms with E-state index in [0.29, 0.717) is 17.0 Å². The fourth-order valence-corrected chi connectivity index (χ4v) is 1.96. The van der Waals surface area contributed by atoms with Crippen LogP contribution in [0.3, 0.4) is 0 Å². The Balaban J connectivity index is 1.91. The first kappa shape index (κ1) is 13.3. The molecule has 0 atom stereocenters. The zero-order valence-corrected chi connectivity index (χ0v) is 10.9. The Morgan fingerprint density at radius 3 is 2.62 bits per heavy atom. The van der Waals surface area contributed by atoms with Crippen LogP contribution in [0.25, 0.3) is 11.1 Å². The van der Waals surface area contributed by atoms with Gasteiger partial charge in [0.1, 0.15) is 18.2 Å². The standard InChI is InChI=1S/C16H11F2NO2/c17-13-6-12(7-14(18)8-13)15-2-1-4-19-16(15)21-10-11-3-5-20-9-11/h1-9H,10H2. The molecule has 0 aliphatic carbocycles. The number of furan rings is 1. The maximum atomic E-state index is 13.3. The molecule has 0 aliphatic heterocycles. The first-order chi connectivity index (χ1) is 10.2. The van der Waals surface area contributed by atoms with Gasteiger partial charge in [-0.3, -0.25) is 0 Å². The van der Waals surface area contributed by atoms with E-state index in [9.17, 15) is 8.78 Å². The van der Waals surface area contributed by atoms with Gasteiger partial charge in [0, 0.05) is 23.4 Å². The maximum absolute atomic E-state index is 13.3. The molecule has 2 heterocycles. The van der Waals surface area contributed by atoms with Crippen LogP contribution in [0, 0.1) is 11.6 Å². The Bertz CT molecular complexity index is 722. The Morgan fingerprint density at radius 1 is 1.10 bits per heavy atom. The summed E-state index contributed by atoms with van der Waals surface area (Å²) >= 11 is 0. The molecule has 0 bridgehead atoms. The van der Waals surface area contributed by atoms with Gasteiger partial charge in [-0.1, -0.05) is 0 Å². The SMILES string of the molecule is Fc1cc(F)cc(-c2cccnc2OCc2ccoc2)c1. The highest BCUT2D eigenvalue weighted by molar-refractivity contribution is 5.68. The number of hydrogen-bond donors (Lipinski definition) is 0. The van der Waals surface area contributed by atoms with Crippen molar-refractivity contribution in [3.8, 4) is 17.0 Å². The normalized spacial score (nSPS) is 10.6. The summed E-state index contributed by atoms with van der Waals surface area (Å²) in [4.78, 5) is 4.12. The van der Waals surface area contributed by atoms with Gasteiger partial charge in [-0.25, -0.2) is 13.8 Å². The van der Waals surface area contributed by atoms with Gasteiger partial charge >= 0.3 is 0 Å². The highest BCUT2D eigenvalue weighted by Crippen LogP contribution is 2.29. The van der Waals surface area contributed by atoms with Gasteiger partial charge in [-0.2, -0.15) is 0 Å². The van der Waals surface area contributed by atoms with Crippen LogP contribution in [0.5, 0.6) is 5.88 Å². The summed E-state index contributed by atoms with van der Waals surface area (Å²) in [5.41, 5.74) is 1.75. The molecule has 0 N–H and O–H groups in total. The Labute approximate surface area is 119 Å². The van der Waals surface area contributed by atoms with Gasteiger partial charge in [0.15, 0.2) is 0 Å². The topological polar surface area (TPSA) is 35.3 Å². The predicted molar refractivity (Wildman–Crippen MR) is 72.6 cm³/mol. The summed E-state index contributed by atoms with van der Waals surface area (Å²) in [5, 5.41) is 0. The molecular weight excluding hydrogens is 276 g/mol. The summed E-state index contributed by atoms with van der Waals surface area (Å²) in [7, 11) is 0. The molecule has 5 heteroatoms. The summed E-state index contributed by atoms with van der Waals surface area (Å²) in [6, 6.07) is 8.46. The molecule has 0 saturated carbocycles. The Hall–Kier alpha value is -2.69. The molecular formula is C16H11F2NO2. The largest absolute Gasteiger partial charge is 0.472 e. The minimum atomic E-state index is -0.644. The number of ether oxygens (including phenoxy) is 1. The van der Waals surface area contributed by atoms with Gasteiger partial charge in [0.05, 0.1) is 12.5 Å². The number of aromatic nitrogens is 1. The molecule has 3 rings (SSSR count). The quantitative estimate of drug-likeness (QED) is 0.721. The molecule has 3 nitrogen and oxygen atoms in total. The van der Waals surface area contributed by atoms with Crippen molar-refractivity contribution in [1.82, 2.24) is 4.98 Å². The van der Waals surface area contributed by atoms with Crippen LogP contribution in [0.2, 0.25) is 0 Å². The molecule has 1 aromatic carbocycles. The van der Waals surface area contributed by atoms with Gasteiger partial charge in [-0.05, 0) is 35.9 Å². The summed E-state index contributed by atoms with van der Waals surface area (Å²) in [5.74, 6) is -0.979. The third kappa shape index (κ3) is 3.08. The molecule has 0 unspecified atom stereocenters. The lowest BCUT2D eigenvalue weighted by Crippen LogP contribution is -1.98. The fourth-order valence-electron chi connectivity index (χ4n) is 1.96. The third-order valence-electron chi connectivity index (χ3n) is 2.90.